The summed E-state index contributed by atoms with van der Waals surface area (Å²) in [6.07, 6.45) is 2.51. The van der Waals surface area contributed by atoms with Crippen molar-refractivity contribution in [2.24, 2.45) is 5.41 Å². The maximum Gasteiger partial charge on any atom is 0.319 e. The molecule has 40 heavy (non-hydrogen) atoms. The molecule has 4 aliphatic rings. The van der Waals surface area contributed by atoms with Gasteiger partial charge in [-0.2, -0.15) is 9.97 Å². The van der Waals surface area contributed by atoms with Crippen molar-refractivity contribution in [1.29, 1.82) is 0 Å². The molecule has 7 nitrogen and oxygen atoms in total. The summed E-state index contributed by atoms with van der Waals surface area (Å²) in [7, 11) is 4.05. The number of hydrogen-bond acceptors (Lipinski definition) is 7. The SMILES string of the molecule is CN(C)CC1(COc2nc(N3CC4CC(F)(C3)N4)c3cc(Cl)c(-c4cc(O)cc5ccccc45)c(F)c3n2)CC1. The highest BCUT2D eigenvalue weighted by molar-refractivity contribution is 6.35. The van der Waals surface area contributed by atoms with Crippen LogP contribution in [-0.2, 0) is 0 Å². The van der Waals surface area contributed by atoms with Gasteiger partial charge in [0.15, 0.2) is 11.6 Å². The van der Waals surface area contributed by atoms with E-state index in [1.54, 1.807) is 12.1 Å². The highest BCUT2D eigenvalue weighted by Crippen LogP contribution is 2.47. The van der Waals surface area contributed by atoms with E-state index < -0.39 is 11.6 Å². The summed E-state index contributed by atoms with van der Waals surface area (Å²) >= 11 is 6.77. The molecule has 2 bridgehead atoms. The van der Waals surface area contributed by atoms with E-state index in [9.17, 15) is 5.11 Å². The van der Waals surface area contributed by atoms with Gasteiger partial charge in [-0.3, -0.25) is 5.32 Å². The van der Waals surface area contributed by atoms with Crippen LogP contribution < -0.4 is 15.0 Å². The fraction of sp³-hybridized carbons (Fsp3) is 0.400. The molecule has 10 heteroatoms. The summed E-state index contributed by atoms with van der Waals surface area (Å²) in [6, 6.07) is 12.2. The van der Waals surface area contributed by atoms with Crippen molar-refractivity contribution in [2.45, 2.75) is 31.1 Å². The number of benzene rings is 3. The molecule has 208 valence electrons. The summed E-state index contributed by atoms with van der Waals surface area (Å²) in [4.78, 5) is 13.2. The van der Waals surface area contributed by atoms with Crippen LogP contribution in [0.1, 0.15) is 19.3 Å². The lowest BCUT2D eigenvalue weighted by molar-refractivity contribution is -0.0183. The third-order valence-electron chi connectivity index (χ3n) is 8.29. The minimum Gasteiger partial charge on any atom is -0.508 e. The number of hydrogen-bond donors (Lipinski definition) is 2. The van der Waals surface area contributed by atoms with Crippen molar-refractivity contribution < 1.29 is 18.6 Å². The normalized spacial score (nSPS) is 23.1. The second-order valence-corrected chi connectivity index (χ2v) is 12.3. The summed E-state index contributed by atoms with van der Waals surface area (Å²) in [5.74, 6) is -1.75. The van der Waals surface area contributed by atoms with Gasteiger partial charge >= 0.3 is 6.01 Å². The number of nitrogens with zero attached hydrogens (tertiary/aromatic N) is 4. The monoisotopic (exact) mass is 565 g/mol. The Kier molecular flexibility index (Phi) is 5.86. The Morgan fingerprint density at radius 2 is 1.95 bits per heavy atom. The van der Waals surface area contributed by atoms with Gasteiger partial charge in [0.2, 0.25) is 0 Å². The first-order chi connectivity index (χ1) is 19.1. The standard InChI is InChI=1S/C30H30ClF2N5O2/c1-37(2)14-29(7-8-29)16-40-28-34-26-22(27(35-28)38-13-18-12-30(33,15-38)36-18)11-23(31)24(25(26)32)21-10-19(39)9-17-5-3-4-6-20(17)21/h3-6,9-11,18,36,39H,7-8,12-16H2,1-2H3. The molecule has 1 aliphatic carbocycles. The Morgan fingerprint density at radius 1 is 1.18 bits per heavy atom. The number of phenolic OH excluding ortho intramolecular Hbond substituents is 1. The van der Waals surface area contributed by atoms with Crippen LogP contribution >= 0.6 is 11.6 Å². The van der Waals surface area contributed by atoms with Crippen LogP contribution in [0.4, 0.5) is 14.6 Å². The van der Waals surface area contributed by atoms with Crippen LogP contribution in [0.2, 0.25) is 5.02 Å². The molecular formula is C30H30ClF2N5O2. The molecule has 8 rings (SSSR count). The lowest BCUT2D eigenvalue weighted by atomic mass is 9.88. The number of nitrogens with one attached hydrogen (secondary N) is 1. The van der Waals surface area contributed by atoms with E-state index in [-0.39, 0.29) is 45.9 Å². The van der Waals surface area contributed by atoms with Crippen molar-refractivity contribution in [3.63, 3.8) is 0 Å². The van der Waals surface area contributed by atoms with E-state index in [0.717, 1.165) is 30.2 Å². The van der Waals surface area contributed by atoms with Crippen molar-refractivity contribution in [1.82, 2.24) is 20.2 Å². The largest absolute Gasteiger partial charge is 0.508 e. The Bertz CT molecular complexity index is 1660. The molecular weight excluding hydrogens is 536 g/mol. The number of anilines is 1. The molecule has 2 unspecified atom stereocenters. The highest BCUT2D eigenvalue weighted by Gasteiger charge is 2.51. The van der Waals surface area contributed by atoms with E-state index in [0.29, 0.717) is 36.3 Å². The van der Waals surface area contributed by atoms with E-state index in [1.807, 2.05) is 43.3 Å². The fourth-order valence-electron chi connectivity index (χ4n) is 6.38. The number of aromatic nitrogens is 2. The lowest BCUT2D eigenvalue weighted by Gasteiger charge is -2.52. The smallest absolute Gasteiger partial charge is 0.319 e. The number of piperidine rings is 1. The number of rotatable bonds is 7. The molecule has 0 radical (unpaired) electrons. The molecule has 4 heterocycles. The van der Waals surface area contributed by atoms with Gasteiger partial charge in [0.25, 0.3) is 0 Å². The Labute approximate surface area is 235 Å². The van der Waals surface area contributed by atoms with Crippen molar-refractivity contribution in [2.75, 3.05) is 45.2 Å². The van der Waals surface area contributed by atoms with Gasteiger partial charge in [0, 0.05) is 41.9 Å². The first-order valence-corrected chi connectivity index (χ1v) is 13.9. The second-order valence-electron chi connectivity index (χ2n) is 11.9. The minimum absolute atomic E-state index is 0.000529. The van der Waals surface area contributed by atoms with E-state index in [4.69, 9.17) is 16.3 Å². The van der Waals surface area contributed by atoms with Crippen LogP contribution in [-0.4, -0.2) is 72.1 Å². The van der Waals surface area contributed by atoms with Gasteiger partial charge in [-0.25, -0.2) is 8.78 Å². The first kappa shape index (κ1) is 25.7. The lowest BCUT2D eigenvalue weighted by Crippen LogP contribution is -2.73. The van der Waals surface area contributed by atoms with Crippen LogP contribution in [0, 0.1) is 11.2 Å². The zero-order valence-electron chi connectivity index (χ0n) is 22.3. The van der Waals surface area contributed by atoms with E-state index >= 15 is 8.78 Å². The fourth-order valence-corrected chi connectivity index (χ4v) is 6.67. The average molecular weight is 566 g/mol. The van der Waals surface area contributed by atoms with Crippen LogP contribution in [0.15, 0.2) is 42.5 Å². The Morgan fingerprint density at radius 3 is 2.67 bits per heavy atom. The summed E-state index contributed by atoms with van der Waals surface area (Å²) in [5.41, 5.74) is 0.653. The predicted octanol–water partition coefficient (Wildman–Crippen LogP) is 5.52. The second kappa shape index (κ2) is 9.12. The Hall–Kier alpha value is -3.27. The van der Waals surface area contributed by atoms with Gasteiger partial charge in [-0.05, 0) is 61.5 Å². The molecule has 4 aromatic rings. The van der Waals surface area contributed by atoms with E-state index in [1.165, 1.54) is 6.07 Å². The quantitative estimate of drug-likeness (QED) is 0.286. The van der Waals surface area contributed by atoms with Crippen LogP contribution in [0.25, 0.3) is 32.8 Å². The van der Waals surface area contributed by atoms with E-state index in [2.05, 4.69) is 20.2 Å². The number of alkyl halides is 1. The summed E-state index contributed by atoms with van der Waals surface area (Å²) in [5, 5.41) is 15.4. The predicted molar refractivity (Wildman–Crippen MR) is 152 cm³/mol. The number of phenols is 1. The minimum atomic E-state index is -1.51. The molecule has 0 spiro atoms. The molecule has 3 aromatic carbocycles. The topological polar surface area (TPSA) is 73.8 Å². The number of fused-ring (bicyclic) bond motifs is 4. The zero-order chi connectivity index (χ0) is 27.8. The van der Waals surface area contributed by atoms with Crippen LogP contribution in [0.3, 0.4) is 0 Å². The molecule has 1 aromatic heterocycles. The third-order valence-corrected chi connectivity index (χ3v) is 8.59. The average Bonchev–Trinajstić information content (AvgIpc) is 3.65. The number of ether oxygens (including phenoxy) is 1. The summed E-state index contributed by atoms with van der Waals surface area (Å²) < 4.78 is 37.8. The molecule has 1 saturated carbocycles. The first-order valence-electron chi connectivity index (χ1n) is 13.5. The number of piperazine rings is 1. The molecule has 3 aliphatic heterocycles. The van der Waals surface area contributed by atoms with Crippen molar-refractivity contribution in [3.05, 3.63) is 53.3 Å². The zero-order valence-corrected chi connectivity index (χ0v) is 23.1. The maximum atomic E-state index is 16.6. The Balaban J connectivity index is 1.38. The van der Waals surface area contributed by atoms with Gasteiger partial charge in [0.1, 0.15) is 17.1 Å². The third kappa shape index (κ3) is 4.40. The molecule has 3 saturated heterocycles. The van der Waals surface area contributed by atoms with Crippen LogP contribution in [0.5, 0.6) is 11.8 Å². The van der Waals surface area contributed by atoms with Gasteiger partial charge < -0.3 is 19.6 Å². The van der Waals surface area contributed by atoms with Crippen molar-refractivity contribution >= 4 is 39.1 Å². The number of aromatic hydroxyl groups is 1. The maximum absolute atomic E-state index is 16.6. The van der Waals surface area contributed by atoms with Gasteiger partial charge in [-0.15, -0.1) is 0 Å². The molecule has 2 atom stereocenters. The van der Waals surface area contributed by atoms with Crippen molar-refractivity contribution in [3.8, 4) is 22.9 Å². The molecule has 2 N–H and O–H groups in total. The highest BCUT2D eigenvalue weighted by atomic mass is 35.5. The molecule has 4 fully saturated rings. The number of halogens is 3. The van der Waals surface area contributed by atoms with Gasteiger partial charge in [0.05, 0.1) is 18.2 Å². The summed E-state index contributed by atoms with van der Waals surface area (Å²) in [6.45, 7) is 1.89. The van der Waals surface area contributed by atoms with Gasteiger partial charge in [-0.1, -0.05) is 35.9 Å². The molecule has 0 amide bonds.